The van der Waals surface area contributed by atoms with Crippen molar-refractivity contribution in [3.63, 3.8) is 0 Å². The molecule has 2 N–H and O–H groups in total. The van der Waals surface area contributed by atoms with Crippen LogP contribution in [0.5, 0.6) is 5.75 Å². The van der Waals surface area contributed by atoms with Gasteiger partial charge in [-0.25, -0.2) is 0 Å². The number of methoxy groups -OCH3 is 1. The highest BCUT2D eigenvalue weighted by atomic mass is 19.4. The Morgan fingerprint density at radius 1 is 1.39 bits per heavy atom. The number of hydrogen-bond acceptors (Lipinski definition) is 5. The van der Waals surface area contributed by atoms with Crippen LogP contribution in [0.25, 0.3) is 0 Å². The average Bonchev–Trinajstić information content (AvgIpc) is 2.97. The summed E-state index contributed by atoms with van der Waals surface area (Å²) in [6.07, 6.45) is -4.66. The van der Waals surface area contributed by atoms with Gasteiger partial charge in [-0.1, -0.05) is 0 Å². The fourth-order valence-corrected chi connectivity index (χ4v) is 1.67. The van der Waals surface area contributed by atoms with Crippen molar-refractivity contribution in [2.75, 3.05) is 12.4 Å². The number of nitro groups is 1. The van der Waals surface area contributed by atoms with E-state index in [1.54, 1.807) is 5.10 Å². The van der Waals surface area contributed by atoms with Crippen LogP contribution in [0.2, 0.25) is 0 Å². The number of rotatable bonds is 4. The van der Waals surface area contributed by atoms with E-state index in [1.165, 1.54) is 13.2 Å². The van der Waals surface area contributed by atoms with Crippen LogP contribution in [-0.2, 0) is 6.18 Å². The molecule has 1 heterocycles. The molecular weight excluding hydrogens is 321 g/mol. The maximum Gasteiger partial charge on any atom is 0.432 e. The number of nitro benzene ring substituents is 1. The second-order valence-electron chi connectivity index (χ2n) is 4.26. The number of nitrogens with zero attached hydrogens (tertiary/aromatic N) is 2. The Hall–Kier alpha value is -3.11. The van der Waals surface area contributed by atoms with E-state index in [-0.39, 0.29) is 17.1 Å². The van der Waals surface area contributed by atoms with Crippen LogP contribution in [0.3, 0.4) is 0 Å². The SMILES string of the molecule is COc1cc([N+](=O)[O-])ccc1NC(=O)c1cc(C(F)(F)F)[nH]n1. The third kappa shape index (κ3) is 3.56. The molecule has 1 aromatic heterocycles. The van der Waals surface area contributed by atoms with Gasteiger partial charge in [-0.15, -0.1) is 0 Å². The van der Waals surface area contributed by atoms with Gasteiger partial charge in [-0.05, 0) is 6.07 Å². The van der Waals surface area contributed by atoms with Crippen molar-refractivity contribution in [3.8, 4) is 5.75 Å². The summed E-state index contributed by atoms with van der Waals surface area (Å²) >= 11 is 0. The van der Waals surface area contributed by atoms with Crippen LogP contribution >= 0.6 is 0 Å². The Labute approximate surface area is 126 Å². The molecular formula is C12H9F3N4O4. The van der Waals surface area contributed by atoms with Crippen LogP contribution < -0.4 is 10.1 Å². The van der Waals surface area contributed by atoms with Gasteiger partial charge in [0.05, 0.1) is 23.8 Å². The topological polar surface area (TPSA) is 110 Å². The van der Waals surface area contributed by atoms with E-state index in [4.69, 9.17) is 4.74 Å². The van der Waals surface area contributed by atoms with E-state index in [0.29, 0.717) is 6.07 Å². The number of ether oxygens (including phenoxy) is 1. The normalized spacial score (nSPS) is 11.1. The first-order chi connectivity index (χ1) is 10.7. The molecule has 2 rings (SSSR count). The van der Waals surface area contributed by atoms with Gasteiger partial charge in [0.15, 0.2) is 5.69 Å². The highest BCUT2D eigenvalue weighted by molar-refractivity contribution is 6.03. The van der Waals surface area contributed by atoms with E-state index in [9.17, 15) is 28.1 Å². The molecule has 0 spiro atoms. The minimum Gasteiger partial charge on any atom is -0.494 e. The highest BCUT2D eigenvalue weighted by Gasteiger charge is 2.33. The number of aromatic nitrogens is 2. The summed E-state index contributed by atoms with van der Waals surface area (Å²) in [7, 11) is 1.23. The first-order valence-electron chi connectivity index (χ1n) is 5.98. The molecule has 122 valence electrons. The summed E-state index contributed by atoms with van der Waals surface area (Å²) in [6, 6.07) is 3.94. The van der Waals surface area contributed by atoms with E-state index in [0.717, 1.165) is 12.1 Å². The number of anilines is 1. The number of non-ortho nitro benzene ring substituents is 1. The summed E-state index contributed by atoms with van der Waals surface area (Å²) in [5.41, 5.74) is -1.87. The van der Waals surface area contributed by atoms with Gasteiger partial charge in [-0.3, -0.25) is 20.0 Å². The average molecular weight is 330 g/mol. The Morgan fingerprint density at radius 3 is 2.61 bits per heavy atom. The molecule has 0 saturated heterocycles. The van der Waals surface area contributed by atoms with Gasteiger partial charge in [0.25, 0.3) is 11.6 Å². The third-order valence-electron chi connectivity index (χ3n) is 2.76. The molecule has 0 atom stereocenters. The maximum absolute atomic E-state index is 12.4. The molecule has 23 heavy (non-hydrogen) atoms. The van der Waals surface area contributed by atoms with Gasteiger partial charge in [0.1, 0.15) is 11.4 Å². The van der Waals surface area contributed by atoms with E-state index in [1.807, 2.05) is 0 Å². The fraction of sp³-hybridized carbons (Fsp3) is 0.167. The van der Waals surface area contributed by atoms with Gasteiger partial charge in [0.2, 0.25) is 0 Å². The van der Waals surface area contributed by atoms with E-state index < -0.39 is 28.4 Å². The van der Waals surface area contributed by atoms with Gasteiger partial charge >= 0.3 is 6.18 Å². The van der Waals surface area contributed by atoms with Crippen molar-refractivity contribution in [3.05, 3.63) is 45.8 Å². The molecule has 0 saturated carbocycles. The number of benzene rings is 1. The van der Waals surface area contributed by atoms with Crippen molar-refractivity contribution in [2.24, 2.45) is 0 Å². The number of hydrogen-bond donors (Lipinski definition) is 2. The summed E-state index contributed by atoms with van der Waals surface area (Å²) in [5.74, 6) is -0.942. The van der Waals surface area contributed by atoms with E-state index in [2.05, 4.69) is 10.4 Å². The molecule has 0 aliphatic heterocycles. The minimum absolute atomic E-state index is 0.0147. The Kier molecular flexibility index (Phi) is 4.20. The largest absolute Gasteiger partial charge is 0.494 e. The zero-order valence-electron chi connectivity index (χ0n) is 11.5. The molecule has 0 bridgehead atoms. The third-order valence-corrected chi connectivity index (χ3v) is 2.76. The molecule has 8 nitrogen and oxygen atoms in total. The number of aromatic amines is 1. The Balaban J connectivity index is 2.23. The lowest BCUT2D eigenvalue weighted by molar-refractivity contribution is -0.384. The van der Waals surface area contributed by atoms with Gasteiger partial charge in [-0.2, -0.15) is 18.3 Å². The predicted octanol–water partition coefficient (Wildman–Crippen LogP) is 2.60. The smallest absolute Gasteiger partial charge is 0.432 e. The number of amides is 1. The van der Waals surface area contributed by atoms with Crippen LogP contribution in [0.15, 0.2) is 24.3 Å². The Bertz CT molecular complexity index is 757. The molecule has 0 unspecified atom stereocenters. The fourth-order valence-electron chi connectivity index (χ4n) is 1.67. The van der Waals surface area contributed by atoms with Crippen molar-refractivity contribution in [1.82, 2.24) is 10.2 Å². The first-order valence-corrected chi connectivity index (χ1v) is 5.98. The summed E-state index contributed by atoms with van der Waals surface area (Å²) in [5, 5.41) is 17.9. The van der Waals surface area contributed by atoms with Crippen molar-refractivity contribution < 1.29 is 27.6 Å². The second kappa shape index (κ2) is 5.94. The lowest BCUT2D eigenvalue weighted by Gasteiger charge is -2.08. The summed E-state index contributed by atoms with van der Waals surface area (Å²) in [6.45, 7) is 0. The number of carbonyl (C=O) groups excluding carboxylic acids is 1. The van der Waals surface area contributed by atoms with Crippen molar-refractivity contribution in [1.29, 1.82) is 0 Å². The monoisotopic (exact) mass is 330 g/mol. The summed E-state index contributed by atoms with van der Waals surface area (Å²) < 4.78 is 42.2. The molecule has 1 amide bonds. The lowest BCUT2D eigenvalue weighted by atomic mass is 10.2. The van der Waals surface area contributed by atoms with Gasteiger partial charge < -0.3 is 10.1 Å². The van der Waals surface area contributed by atoms with Crippen LogP contribution in [0.4, 0.5) is 24.5 Å². The summed E-state index contributed by atoms with van der Waals surface area (Å²) in [4.78, 5) is 21.9. The predicted molar refractivity (Wildman–Crippen MR) is 71.2 cm³/mol. The van der Waals surface area contributed by atoms with E-state index >= 15 is 0 Å². The molecule has 0 fully saturated rings. The van der Waals surface area contributed by atoms with Crippen LogP contribution in [-0.4, -0.2) is 28.1 Å². The van der Waals surface area contributed by atoms with Crippen LogP contribution in [0.1, 0.15) is 16.2 Å². The number of carbonyl (C=O) groups is 1. The molecule has 0 aliphatic rings. The number of H-pyrrole nitrogens is 1. The Morgan fingerprint density at radius 2 is 2.09 bits per heavy atom. The standard InChI is InChI=1S/C12H9F3N4O4/c1-23-9-4-6(19(21)22)2-3-7(9)16-11(20)8-5-10(18-17-8)12(13,14)15/h2-5H,1H3,(H,16,20)(H,17,18). The minimum atomic E-state index is -4.66. The molecule has 0 radical (unpaired) electrons. The quantitative estimate of drug-likeness (QED) is 0.661. The molecule has 0 aliphatic carbocycles. The highest BCUT2D eigenvalue weighted by Crippen LogP contribution is 2.30. The first kappa shape index (κ1) is 16.3. The zero-order chi connectivity index (χ0) is 17.2. The molecule has 2 aromatic rings. The molecule has 11 heteroatoms. The zero-order valence-corrected chi connectivity index (χ0v) is 11.5. The van der Waals surface area contributed by atoms with Crippen molar-refractivity contribution in [2.45, 2.75) is 6.18 Å². The molecule has 1 aromatic carbocycles. The van der Waals surface area contributed by atoms with Gasteiger partial charge in [0, 0.05) is 12.1 Å². The maximum atomic E-state index is 12.4. The number of halogens is 3. The number of nitrogens with one attached hydrogen (secondary N) is 2. The number of alkyl halides is 3. The van der Waals surface area contributed by atoms with Crippen molar-refractivity contribution >= 4 is 17.3 Å². The second-order valence-corrected chi connectivity index (χ2v) is 4.26. The lowest BCUT2D eigenvalue weighted by Crippen LogP contribution is -2.13. The van der Waals surface area contributed by atoms with Crippen LogP contribution in [0, 0.1) is 10.1 Å².